The average molecular weight is 399 g/mol. The summed E-state index contributed by atoms with van der Waals surface area (Å²) in [5.41, 5.74) is 5.15. The molecule has 3 heterocycles. The Kier molecular flexibility index (Phi) is 5.15. The second-order valence-electron chi connectivity index (χ2n) is 7.67. The van der Waals surface area contributed by atoms with Crippen LogP contribution < -0.4 is 0 Å². The summed E-state index contributed by atoms with van der Waals surface area (Å²) in [5.74, 6) is 1.58. The molecule has 1 saturated heterocycles. The van der Waals surface area contributed by atoms with E-state index in [4.69, 9.17) is 9.26 Å². The first-order chi connectivity index (χ1) is 14.8. The highest BCUT2D eigenvalue weighted by Gasteiger charge is 2.18. The lowest BCUT2D eigenvalue weighted by Gasteiger charge is -2.22. The Morgan fingerprint density at radius 1 is 1.13 bits per heavy atom. The van der Waals surface area contributed by atoms with Gasteiger partial charge in [-0.1, -0.05) is 47.6 Å². The second-order valence-corrected chi connectivity index (χ2v) is 7.67. The summed E-state index contributed by atoms with van der Waals surface area (Å²) in [7, 11) is 0. The topological polar surface area (TPSA) is 66.0 Å². The number of ether oxygens (including phenoxy) is 1. The fourth-order valence-corrected chi connectivity index (χ4v) is 3.86. The van der Waals surface area contributed by atoms with E-state index in [-0.39, 0.29) is 0 Å². The number of aromatic nitrogens is 4. The van der Waals surface area contributed by atoms with Crippen molar-refractivity contribution >= 4 is 0 Å². The standard InChI is InChI=1S/C24H23N4O2/c1-17-15-22(26-28(17)16-18-5-3-2-4-6-18)24-25-23(27-30-24)21-9-7-19(8-10-21)20-11-13-29-14-12-20/h2-3,5-10,15,20H,11-14,16H2,1H3. The van der Waals surface area contributed by atoms with E-state index in [9.17, 15) is 0 Å². The van der Waals surface area contributed by atoms with Gasteiger partial charge < -0.3 is 9.26 Å². The van der Waals surface area contributed by atoms with Crippen molar-refractivity contribution < 1.29 is 9.26 Å². The van der Waals surface area contributed by atoms with Crippen molar-refractivity contribution in [2.45, 2.75) is 32.2 Å². The van der Waals surface area contributed by atoms with Crippen LogP contribution in [-0.4, -0.2) is 33.1 Å². The van der Waals surface area contributed by atoms with Gasteiger partial charge in [-0.05, 0) is 55.0 Å². The molecule has 2 aromatic heterocycles. The minimum absolute atomic E-state index is 0.431. The van der Waals surface area contributed by atoms with Crippen LogP contribution in [0, 0.1) is 13.0 Å². The summed E-state index contributed by atoms with van der Waals surface area (Å²) in [6.07, 6.45) is 2.16. The highest BCUT2D eigenvalue weighted by Crippen LogP contribution is 2.29. The van der Waals surface area contributed by atoms with Crippen molar-refractivity contribution in [3.8, 4) is 23.0 Å². The molecule has 2 aromatic carbocycles. The van der Waals surface area contributed by atoms with Gasteiger partial charge in [0.1, 0.15) is 0 Å². The summed E-state index contributed by atoms with van der Waals surface area (Å²) < 4.78 is 12.9. The SMILES string of the molecule is Cc1cc(-c2nc(-c3ccc(C4CCOCC4)cc3)no2)nn1Cc1c[c]ccc1. The van der Waals surface area contributed by atoms with E-state index in [1.54, 1.807) is 0 Å². The third-order valence-electron chi connectivity index (χ3n) is 5.59. The third-order valence-corrected chi connectivity index (χ3v) is 5.59. The van der Waals surface area contributed by atoms with Crippen LogP contribution in [0.3, 0.4) is 0 Å². The Morgan fingerprint density at radius 3 is 2.73 bits per heavy atom. The molecule has 30 heavy (non-hydrogen) atoms. The quantitative estimate of drug-likeness (QED) is 0.489. The summed E-state index contributed by atoms with van der Waals surface area (Å²) in [5, 5.41) is 8.82. The summed E-state index contributed by atoms with van der Waals surface area (Å²) in [6, 6.07) is 21.4. The Hall–Kier alpha value is -3.25. The molecule has 0 N–H and O–H groups in total. The molecular formula is C24H23N4O2. The highest BCUT2D eigenvalue weighted by molar-refractivity contribution is 5.58. The van der Waals surface area contributed by atoms with Crippen molar-refractivity contribution in [1.29, 1.82) is 0 Å². The number of rotatable bonds is 5. The van der Waals surface area contributed by atoms with Crippen LogP contribution in [0.4, 0.5) is 0 Å². The summed E-state index contributed by atoms with van der Waals surface area (Å²) in [4.78, 5) is 4.57. The van der Waals surface area contributed by atoms with Gasteiger partial charge in [0.05, 0.1) is 6.54 Å². The van der Waals surface area contributed by atoms with Gasteiger partial charge in [-0.15, -0.1) is 0 Å². The lowest BCUT2D eigenvalue weighted by atomic mass is 9.91. The van der Waals surface area contributed by atoms with Gasteiger partial charge in [-0.3, -0.25) is 4.68 Å². The monoisotopic (exact) mass is 399 g/mol. The number of aryl methyl sites for hydroxylation is 1. The Balaban J connectivity index is 1.33. The third kappa shape index (κ3) is 3.91. The van der Waals surface area contributed by atoms with E-state index < -0.39 is 0 Å². The van der Waals surface area contributed by atoms with Crippen molar-refractivity contribution in [1.82, 2.24) is 19.9 Å². The molecule has 4 aromatic rings. The first kappa shape index (κ1) is 18.8. The van der Waals surface area contributed by atoms with Crippen molar-refractivity contribution in [3.63, 3.8) is 0 Å². The molecular weight excluding hydrogens is 376 g/mol. The van der Waals surface area contributed by atoms with E-state index in [1.807, 2.05) is 35.9 Å². The average Bonchev–Trinajstić information content (AvgIpc) is 3.43. The molecule has 1 fully saturated rings. The summed E-state index contributed by atoms with van der Waals surface area (Å²) in [6.45, 7) is 4.39. The first-order valence-corrected chi connectivity index (χ1v) is 10.3. The van der Waals surface area contributed by atoms with E-state index in [0.717, 1.165) is 42.9 Å². The zero-order valence-corrected chi connectivity index (χ0v) is 16.9. The van der Waals surface area contributed by atoms with E-state index in [1.165, 1.54) is 5.56 Å². The fourth-order valence-electron chi connectivity index (χ4n) is 3.86. The molecule has 151 valence electrons. The molecule has 0 spiro atoms. The maximum absolute atomic E-state index is 5.51. The normalized spacial score (nSPS) is 14.8. The largest absolute Gasteiger partial charge is 0.381 e. The van der Waals surface area contributed by atoms with Gasteiger partial charge in [0.15, 0.2) is 5.69 Å². The van der Waals surface area contributed by atoms with Gasteiger partial charge in [-0.25, -0.2) is 0 Å². The fraction of sp³-hybridized carbons (Fsp3) is 0.292. The number of hydrogen-bond acceptors (Lipinski definition) is 5. The van der Waals surface area contributed by atoms with Crippen LogP contribution in [0.2, 0.25) is 0 Å². The number of hydrogen-bond donors (Lipinski definition) is 0. The van der Waals surface area contributed by atoms with E-state index in [2.05, 4.69) is 51.6 Å². The van der Waals surface area contributed by atoms with Crippen molar-refractivity contribution in [2.75, 3.05) is 13.2 Å². The molecule has 6 nitrogen and oxygen atoms in total. The van der Waals surface area contributed by atoms with Gasteiger partial charge >= 0.3 is 0 Å². The maximum Gasteiger partial charge on any atom is 0.278 e. The molecule has 6 heteroatoms. The molecule has 5 rings (SSSR count). The van der Waals surface area contributed by atoms with Crippen molar-refractivity contribution in [3.05, 3.63) is 77.5 Å². The molecule has 0 aliphatic carbocycles. The molecule has 0 atom stereocenters. The Morgan fingerprint density at radius 2 is 1.97 bits per heavy atom. The van der Waals surface area contributed by atoms with E-state index in [0.29, 0.717) is 29.9 Å². The molecule has 1 radical (unpaired) electrons. The predicted molar refractivity (Wildman–Crippen MR) is 113 cm³/mol. The maximum atomic E-state index is 5.51. The molecule has 0 bridgehead atoms. The summed E-state index contributed by atoms with van der Waals surface area (Å²) >= 11 is 0. The van der Waals surface area contributed by atoms with Gasteiger partial charge in [0.25, 0.3) is 5.89 Å². The highest BCUT2D eigenvalue weighted by atomic mass is 16.5. The van der Waals surface area contributed by atoms with Gasteiger partial charge in [-0.2, -0.15) is 10.1 Å². The zero-order valence-electron chi connectivity index (χ0n) is 16.9. The molecule has 0 saturated carbocycles. The number of nitrogens with zero attached hydrogens (tertiary/aromatic N) is 4. The van der Waals surface area contributed by atoms with Gasteiger partial charge in [0.2, 0.25) is 5.82 Å². The van der Waals surface area contributed by atoms with Crippen LogP contribution in [0.25, 0.3) is 23.0 Å². The molecule has 0 unspecified atom stereocenters. The van der Waals surface area contributed by atoms with Crippen LogP contribution in [0.5, 0.6) is 0 Å². The predicted octanol–water partition coefficient (Wildman–Crippen LogP) is 4.65. The zero-order chi connectivity index (χ0) is 20.3. The smallest absolute Gasteiger partial charge is 0.278 e. The van der Waals surface area contributed by atoms with Crippen molar-refractivity contribution in [2.24, 2.45) is 0 Å². The lowest BCUT2D eigenvalue weighted by Crippen LogP contribution is -2.13. The second kappa shape index (κ2) is 8.24. The number of benzene rings is 2. The Bertz CT molecular complexity index is 1110. The van der Waals surface area contributed by atoms with E-state index >= 15 is 0 Å². The van der Waals surface area contributed by atoms with Crippen LogP contribution in [0.15, 0.2) is 59.1 Å². The minimum atomic E-state index is 0.431. The molecule has 0 amide bonds. The van der Waals surface area contributed by atoms with Crippen LogP contribution in [-0.2, 0) is 11.3 Å². The molecule has 1 aliphatic rings. The van der Waals surface area contributed by atoms with Crippen LogP contribution in [0.1, 0.15) is 35.6 Å². The minimum Gasteiger partial charge on any atom is -0.381 e. The van der Waals surface area contributed by atoms with Gasteiger partial charge in [0, 0.05) is 24.5 Å². The first-order valence-electron chi connectivity index (χ1n) is 10.3. The van der Waals surface area contributed by atoms with Crippen LogP contribution >= 0.6 is 0 Å². The Labute approximate surface area is 175 Å². The molecule has 1 aliphatic heterocycles. The lowest BCUT2D eigenvalue weighted by molar-refractivity contribution is 0.0853.